The summed E-state index contributed by atoms with van der Waals surface area (Å²) < 4.78 is 0. The smallest absolute Gasteiger partial charge is 0.222 e. The third-order valence-corrected chi connectivity index (χ3v) is 7.05. The first kappa shape index (κ1) is 21.0. The zero-order valence-corrected chi connectivity index (χ0v) is 18.3. The number of benzene rings is 1. The minimum absolute atomic E-state index is 0.323. The minimum atomic E-state index is 0.323. The van der Waals surface area contributed by atoms with Crippen molar-refractivity contribution in [3.63, 3.8) is 0 Å². The fourth-order valence-corrected chi connectivity index (χ4v) is 5.31. The summed E-state index contributed by atoms with van der Waals surface area (Å²) in [6.45, 7) is 6.25. The summed E-state index contributed by atoms with van der Waals surface area (Å²) in [7, 11) is 2.18. The fraction of sp³-hybridized carbons (Fsp3) is 0.560. The van der Waals surface area contributed by atoms with E-state index in [1.54, 1.807) is 6.20 Å². The lowest BCUT2D eigenvalue weighted by Crippen LogP contribution is -2.42. The van der Waals surface area contributed by atoms with Gasteiger partial charge in [0.1, 0.15) is 0 Å². The number of nitrogens with one attached hydrogen (secondary N) is 1. The molecule has 5 nitrogen and oxygen atoms in total. The van der Waals surface area contributed by atoms with E-state index in [-0.39, 0.29) is 0 Å². The van der Waals surface area contributed by atoms with Crippen LogP contribution in [0.25, 0.3) is 10.9 Å². The van der Waals surface area contributed by atoms with Crippen molar-refractivity contribution in [2.75, 3.05) is 33.2 Å². The molecule has 3 heterocycles. The number of hydrogen-bond acceptors (Lipinski definition) is 4. The van der Waals surface area contributed by atoms with Crippen LogP contribution in [0.5, 0.6) is 0 Å². The number of piperidine rings is 2. The third kappa shape index (κ3) is 4.56. The van der Waals surface area contributed by atoms with Crippen molar-refractivity contribution in [3.8, 4) is 0 Å². The number of fused-ring (bicyclic) bond motifs is 1. The van der Waals surface area contributed by atoms with E-state index in [0.717, 1.165) is 55.5 Å². The number of nitrogens with zero attached hydrogens (tertiary/aromatic N) is 3. The van der Waals surface area contributed by atoms with Crippen molar-refractivity contribution < 1.29 is 4.79 Å². The van der Waals surface area contributed by atoms with E-state index in [1.165, 1.54) is 24.6 Å². The summed E-state index contributed by atoms with van der Waals surface area (Å²) in [6.07, 6.45) is 8.42. The van der Waals surface area contributed by atoms with Gasteiger partial charge in [-0.05, 0) is 69.3 Å². The summed E-state index contributed by atoms with van der Waals surface area (Å²) in [5, 5.41) is 8.80. The Morgan fingerprint density at radius 3 is 2.80 bits per heavy atom. The molecule has 2 saturated heterocycles. The van der Waals surface area contributed by atoms with Crippen LogP contribution in [0.15, 0.2) is 30.5 Å². The predicted octanol–water partition coefficient (Wildman–Crippen LogP) is 4.31. The maximum Gasteiger partial charge on any atom is 0.222 e. The maximum absolute atomic E-state index is 13.1. The third-order valence-electron chi connectivity index (χ3n) is 7.05. The van der Waals surface area contributed by atoms with Crippen molar-refractivity contribution in [1.82, 2.24) is 14.8 Å². The lowest BCUT2D eigenvalue weighted by atomic mass is 9.83. The van der Waals surface area contributed by atoms with Crippen LogP contribution in [-0.4, -0.2) is 60.1 Å². The first-order valence-electron chi connectivity index (χ1n) is 11.4. The second-order valence-electron chi connectivity index (χ2n) is 9.41. The molecule has 1 aromatic heterocycles. The molecule has 0 saturated carbocycles. The molecular weight excluding hydrogens is 372 g/mol. The van der Waals surface area contributed by atoms with Crippen LogP contribution in [0, 0.1) is 17.2 Å². The normalized spacial score (nSPS) is 23.6. The predicted molar refractivity (Wildman–Crippen MR) is 122 cm³/mol. The second-order valence-corrected chi connectivity index (χ2v) is 9.41. The number of rotatable bonds is 5. The molecule has 0 spiro atoms. The van der Waals surface area contributed by atoms with Gasteiger partial charge in [0, 0.05) is 48.8 Å². The number of aromatic nitrogens is 1. The zero-order valence-electron chi connectivity index (χ0n) is 18.3. The van der Waals surface area contributed by atoms with Gasteiger partial charge in [-0.2, -0.15) is 0 Å². The standard InChI is InChI=1S/C25H34N4O/c1-18-14-21(22-7-6-20(15-26)25-23(22)4-3-11-27-25)17-29(16-18)24(30)8-5-19-9-12-28(2)13-10-19/h3-4,6-7,11,15,18-19,21,26H,5,8-10,12-14,16-17H2,1-2H3. The second kappa shape index (κ2) is 9.25. The Kier molecular flexibility index (Phi) is 6.47. The SMILES string of the molecule is CC1CC(c2ccc(C=N)c3ncccc23)CN(C(=O)CCC2CCN(C)CC2)C1. The summed E-state index contributed by atoms with van der Waals surface area (Å²) in [5.74, 6) is 1.84. The van der Waals surface area contributed by atoms with Crippen molar-refractivity contribution in [2.24, 2.45) is 11.8 Å². The lowest BCUT2D eigenvalue weighted by Gasteiger charge is -2.37. The molecule has 2 aliphatic rings. The highest BCUT2D eigenvalue weighted by Crippen LogP contribution is 2.35. The Morgan fingerprint density at radius 2 is 2.03 bits per heavy atom. The van der Waals surface area contributed by atoms with Crippen LogP contribution in [0.4, 0.5) is 0 Å². The first-order chi connectivity index (χ1) is 14.5. The molecule has 0 radical (unpaired) electrons. The van der Waals surface area contributed by atoms with E-state index < -0.39 is 0 Å². The van der Waals surface area contributed by atoms with Crippen LogP contribution in [0.1, 0.15) is 56.1 Å². The van der Waals surface area contributed by atoms with E-state index in [4.69, 9.17) is 5.41 Å². The summed E-state index contributed by atoms with van der Waals surface area (Å²) in [4.78, 5) is 22.1. The molecule has 2 fully saturated rings. The molecule has 4 rings (SSSR count). The summed E-state index contributed by atoms with van der Waals surface area (Å²) in [6, 6.07) is 8.23. The maximum atomic E-state index is 13.1. The first-order valence-corrected chi connectivity index (χ1v) is 11.4. The highest BCUT2D eigenvalue weighted by atomic mass is 16.2. The van der Waals surface area contributed by atoms with Gasteiger partial charge in [-0.3, -0.25) is 9.78 Å². The Labute approximate surface area is 180 Å². The number of pyridine rings is 1. The number of amides is 1. The van der Waals surface area contributed by atoms with Crippen LogP contribution in [0.2, 0.25) is 0 Å². The molecular formula is C25H34N4O. The summed E-state index contributed by atoms with van der Waals surface area (Å²) >= 11 is 0. The number of carbonyl (C=O) groups excluding carboxylic acids is 1. The molecule has 1 amide bonds. The summed E-state index contributed by atoms with van der Waals surface area (Å²) in [5.41, 5.74) is 3.01. The van der Waals surface area contributed by atoms with Crippen LogP contribution >= 0.6 is 0 Å². The topological polar surface area (TPSA) is 60.3 Å². The Hall–Kier alpha value is -2.27. The van der Waals surface area contributed by atoms with Gasteiger partial charge in [0.2, 0.25) is 5.91 Å². The van der Waals surface area contributed by atoms with E-state index >= 15 is 0 Å². The average molecular weight is 407 g/mol. The van der Waals surface area contributed by atoms with Gasteiger partial charge in [0.25, 0.3) is 0 Å². The van der Waals surface area contributed by atoms with Crippen molar-refractivity contribution in [2.45, 2.75) is 44.9 Å². The van der Waals surface area contributed by atoms with Crippen LogP contribution in [-0.2, 0) is 4.79 Å². The Bertz CT molecular complexity index is 903. The minimum Gasteiger partial charge on any atom is -0.342 e. The van der Waals surface area contributed by atoms with E-state index in [0.29, 0.717) is 30.1 Å². The molecule has 1 N–H and O–H groups in total. The highest BCUT2D eigenvalue weighted by Gasteiger charge is 2.30. The van der Waals surface area contributed by atoms with Gasteiger partial charge in [-0.15, -0.1) is 0 Å². The van der Waals surface area contributed by atoms with Gasteiger partial charge in [0.05, 0.1) is 5.52 Å². The van der Waals surface area contributed by atoms with Gasteiger partial charge >= 0.3 is 0 Å². The molecule has 2 atom stereocenters. The van der Waals surface area contributed by atoms with Crippen LogP contribution in [0.3, 0.4) is 0 Å². The van der Waals surface area contributed by atoms with Gasteiger partial charge in [0.15, 0.2) is 0 Å². The Morgan fingerprint density at radius 1 is 1.23 bits per heavy atom. The quantitative estimate of drug-likeness (QED) is 0.753. The zero-order chi connectivity index (χ0) is 21.1. The monoisotopic (exact) mass is 406 g/mol. The molecule has 2 aromatic rings. The molecule has 2 unspecified atom stereocenters. The number of likely N-dealkylation sites (tertiary alicyclic amines) is 2. The van der Waals surface area contributed by atoms with Gasteiger partial charge in [-0.1, -0.05) is 25.1 Å². The van der Waals surface area contributed by atoms with Gasteiger partial charge in [-0.25, -0.2) is 0 Å². The van der Waals surface area contributed by atoms with Crippen molar-refractivity contribution in [3.05, 3.63) is 41.6 Å². The molecule has 30 heavy (non-hydrogen) atoms. The van der Waals surface area contributed by atoms with Crippen molar-refractivity contribution in [1.29, 1.82) is 5.41 Å². The van der Waals surface area contributed by atoms with Crippen LogP contribution < -0.4 is 0 Å². The molecule has 2 aliphatic heterocycles. The van der Waals surface area contributed by atoms with E-state index in [1.807, 2.05) is 12.1 Å². The molecule has 1 aromatic carbocycles. The molecule has 160 valence electrons. The number of hydrogen-bond donors (Lipinski definition) is 1. The molecule has 0 bridgehead atoms. The lowest BCUT2D eigenvalue weighted by molar-refractivity contribution is -0.133. The average Bonchev–Trinajstić information content (AvgIpc) is 2.77. The fourth-order valence-electron chi connectivity index (χ4n) is 5.31. The van der Waals surface area contributed by atoms with Gasteiger partial charge < -0.3 is 15.2 Å². The number of carbonyl (C=O) groups is 1. The van der Waals surface area contributed by atoms with E-state index in [9.17, 15) is 4.79 Å². The molecule has 0 aliphatic carbocycles. The largest absolute Gasteiger partial charge is 0.342 e. The van der Waals surface area contributed by atoms with E-state index in [2.05, 4.69) is 40.9 Å². The van der Waals surface area contributed by atoms with Crippen molar-refractivity contribution >= 4 is 23.0 Å². The Balaban J connectivity index is 1.46. The molecule has 5 heteroatoms. The highest BCUT2D eigenvalue weighted by molar-refractivity contribution is 5.98.